The van der Waals surface area contributed by atoms with Gasteiger partial charge in [-0.25, -0.2) is 5.90 Å². The Morgan fingerprint density at radius 1 is 1.23 bits per heavy atom. The van der Waals surface area contributed by atoms with Crippen molar-refractivity contribution in [2.24, 2.45) is 23.6 Å². The molecule has 2 aromatic heterocycles. The van der Waals surface area contributed by atoms with Crippen LogP contribution in [-0.2, 0) is 17.7 Å². The number of H-pyrrole nitrogens is 1. The first-order valence-electron chi connectivity index (χ1n) is 15.0. The second kappa shape index (κ2) is 16.1. The van der Waals surface area contributed by atoms with Crippen molar-refractivity contribution in [3.8, 4) is 11.5 Å². The fourth-order valence-electron chi connectivity index (χ4n) is 5.77. The van der Waals surface area contributed by atoms with Gasteiger partial charge in [-0.2, -0.15) is 5.90 Å². The molecule has 43 heavy (non-hydrogen) atoms. The quantitative estimate of drug-likeness (QED) is 0.0634. The predicted molar refractivity (Wildman–Crippen MR) is 172 cm³/mol. The lowest BCUT2D eigenvalue weighted by molar-refractivity contribution is 0.0308. The number of thiophene rings is 1. The molecule has 9 nitrogen and oxygen atoms in total. The summed E-state index contributed by atoms with van der Waals surface area (Å²) in [4.78, 5) is 15.4. The van der Waals surface area contributed by atoms with Gasteiger partial charge >= 0.3 is 0 Å². The number of fused-ring (bicyclic) bond motifs is 1. The zero-order valence-corrected chi connectivity index (χ0v) is 25.7. The van der Waals surface area contributed by atoms with Crippen LogP contribution in [0.25, 0.3) is 10.9 Å². The van der Waals surface area contributed by atoms with Crippen LogP contribution in [0, 0.1) is 18.8 Å². The minimum absolute atomic E-state index is 0.0270. The van der Waals surface area contributed by atoms with E-state index >= 15 is 0 Å². The number of benzene rings is 1. The smallest absolute Gasteiger partial charge is 0.147 e. The summed E-state index contributed by atoms with van der Waals surface area (Å²) in [5.74, 6) is 11.6. The number of aromatic nitrogens is 1. The Kier molecular flexibility index (Phi) is 12.3. The van der Waals surface area contributed by atoms with E-state index in [4.69, 9.17) is 21.5 Å². The minimum atomic E-state index is -0.624. The molecule has 2 heterocycles. The van der Waals surface area contributed by atoms with Crippen molar-refractivity contribution >= 4 is 22.2 Å². The minimum Gasteiger partial charge on any atom is -0.507 e. The summed E-state index contributed by atoms with van der Waals surface area (Å²) in [5.41, 5.74) is 3.22. The number of hydrogen-bond acceptors (Lipinski definition) is 9. The van der Waals surface area contributed by atoms with E-state index in [0.29, 0.717) is 37.2 Å². The number of aliphatic hydroxyl groups is 2. The third-order valence-electron chi connectivity index (χ3n) is 8.23. The van der Waals surface area contributed by atoms with Gasteiger partial charge < -0.3 is 35.3 Å². The maximum atomic E-state index is 10.7. The number of nitrogens with one attached hydrogen (secondary N) is 2. The number of aliphatic hydroxyl groups excluding tert-OH is 2. The molecular weight excluding hydrogens is 564 g/mol. The monoisotopic (exact) mass is 610 g/mol. The van der Waals surface area contributed by atoms with Crippen LogP contribution in [0.4, 0.5) is 0 Å². The van der Waals surface area contributed by atoms with Gasteiger partial charge in [-0.15, -0.1) is 11.3 Å². The molecule has 0 saturated heterocycles. The zero-order chi connectivity index (χ0) is 30.8. The normalized spacial score (nSPS) is 21.3. The van der Waals surface area contributed by atoms with Gasteiger partial charge in [-0.3, -0.25) is 0 Å². The topological polar surface area (TPSA) is 159 Å². The lowest BCUT2D eigenvalue weighted by Gasteiger charge is -2.21. The van der Waals surface area contributed by atoms with E-state index in [9.17, 15) is 15.3 Å². The van der Waals surface area contributed by atoms with Gasteiger partial charge in [0.15, 0.2) is 0 Å². The highest BCUT2D eigenvalue weighted by Gasteiger charge is 2.41. The summed E-state index contributed by atoms with van der Waals surface area (Å²) >= 11 is 1.55. The highest BCUT2D eigenvalue weighted by molar-refractivity contribution is 7.12. The van der Waals surface area contributed by atoms with Crippen molar-refractivity contribution in [2.45, 2.75) is 76.6 Å². The van der Waals surface area contributed by atoms with Crippen molar-refractivity contribution in [1.82, 2.24) is 10.3 Å². The fourth-order valence-corrected chi connectivity index (χ4v) is 6.72. The molecule has 0 radical (unpaired) electrons. The third-order valence-corrected chi connectivity index (χ3v) is 9.33. The number of aromatic hydroxyl groups is 1. The van der Waals surface area contributed by atoms with Crippen molar-refractivity contribution in [3.63, 3.8) is 0 Å². The molecular formula is C33H46N4O5S. The van der Waals surface area contributed by atoms with E-state index in [1.807, 2.05) is 31.2 Å². The summed E-state index contributed by atoms with van der Waals surface area (Å²) in [6.45, 7) is 6.84. The molecule has 9 N–H and O–H groups in total. The average Bonchev–Trinajstić information content (AvgIpc) is 3.65. The molecule has 1 aliphatic rings. The Morgan fingerprint density at radius 2 is 2.07 bits per heavy atom. The highest BCUT2D eigenvalue weighted by atomic mass is 32.1. The first kappa shape index (κ1) is 32.8. The maximum Gasteiger partial charge on any atom is 0.147 e. The largest absolute Gasteiger partial charge is 0.507 e. The van der Waals surface area contributed by atoms with Crippen LogP contribution in [0.2, 0.25) is 0 Å². The summed E-state index contributed by atoms with van der Waals surface area (Å²) in [5, 5.41) is 35.5. The molecule has 1 aromatic carbocycles. The molecule has 0 amide bonds. The number of aromatic amines is 1. The first-order valence-corrected chi connectivity index (χ1v) is 15.8. The Hall–Kier alpha value is -3.12. The summed E-state index contributed by atoms with van der Waals surface area (Å²) < 4.78 is 0. The predicted octanol–water partition coefficient (Wildman–Crippen LogP) is 5.06. The second-order valence-electron chi connectivity index (χ2n) is 11.4. The zero-order valence-electron chi connectivity index (χ0n) is 24.9. The summed E-state index contributed by atoms with van der Waals surface area (Å²) in [6, 6.07) is 9.58. The molecule has 5 atom stereocenters. The van der Waals surface area contributed by atoms with Crippen molar-refractivity contribution < 1.29 is 25.0 Å². The summed E-state index contributed by atoms with van der Waals surface area (Å²) in [7, 11) is 0. The van der Waals surface area contributed by atoms with Gasteiger partial charge in [-0.05, 0) is 81.7 Å². The van der Waals surface area contributed by atoms with E-state index in [-0.39, 0.29) is 17.9 Å². The van der Waals surface area contributed by atoms with Gasteiger partial charge in [0.2, 0.25) is 0 Å². The van der Waals surface area contributed by atoms with Gasteiger partial charge in [0.25, 0.3) is 0 Å². The van der Waals surface area contributed by atoms with E-state index in [0.717, 1.165) is 64.3 Å². The lowest BCUT2D eigenvalue weighted by Crippen LogP contribution is -2.24. The molecule has 234 valence electrons. The van der Waals surface area contributed by atoms with E-state index in [1.165, 1.54) is 0 Å². The Bertz CT molecular complexity index is 1360. The molecule has 10 heteroatoms. The molecule has 3 aromatic rings. The standard InChI is InChI=1S/C33H46N4O5S/c1-21(36-16-15-24-17-23-18-26(41-34)11-14-30(23)37-24)7-5-3-4-6-8-28-29(33(42-35)20-32(28)40)13-10-25(38)9-12-27-19-31(39)22(2)43-27/h4,6,10-11,13-14,17-19,25,28-29,32-33,36-40H,1,3,5,7-9,12,15-16,20,34-35H2,2H3/b6-4-,13-10+/t25-,28?,29?,32?,33?/m0/s1. The van der Waals surface area contributed by atoms with Gasteiger partial charge in [-0.1, -0.05) is 30.9 Å². The van der Waals surface area contributed by atoms with Crippen LogP contribution >= 0.6 is 11.3 Å². The number of aryl methyl sites for hydroxylation is 2. The van der Waals surface area contributed by atoms with Crippen molar-refractivity contribution in [2.75, 3.05) is 6.54 Å². The Morgan fingerprint density at radius 3 is 2.81 bits per heavy atom. The fraction of sp³-hybridized carbons (Fsp3) is 0.455. The van der Waals surface area contributed by atoms with E-state index in [1.54, 1.807) is 23.5 Å². The van der Waals surface area contributed by atoms with Crippen LogP contribution < -0.4 is 21.9 Å². The Balaban J connectivity index is 1.15. The van der Waals surface area contributed by atoms with Gasteiger partial charge in [0.1, 0.15) is 11.5 Å². The second-order valence-corrected chi connectivity index (χ2v) is 12.7. The molecule has 1 aliphatic carbocycles. The van der Waals surface area contributed by atoms with Crippen molar-refractivity contribution in [3.05, 3.63) is 82.4 Å². The third kappa shape index (κ3) is 9.43. The highest BCUT2D eigenvalue weighted by Crippen LogP contribution is 2.38. The average molecular weight is 611 g/mol. The van der Waals surface area contributed by atoms with Gasteiger partial charge in [0, 0.05) is 57.4 Å². The van der Waals surface area contributed by atoms with Crippen LogP contribution in [0.1, 0.15) is 54.0 Å². The van der Waals surface area contributed by atoms with Gasteiger partial charge in [0.05, 0.1) is 18.3 Å². The Labute approximate surface area is 257 Å². The number of allylic oxidation sites excluding steroid dienone is 3. The SMILES string of the molecule is C=C(CCC/C=C\CC1C(O)CC(ON)C1/C=C/[C@@H](O)CCc1cc(O)c(C)s1)NCCc1cc2cc(ON)ccc2[nH]1. The summed E-state index contributed by atoms with van der Waals surface area (Å²) in [6.07, 6.45) is 12.7. The molecule has 0 aliphatic heterocycles. The van der Waals surface area contributed by atoms with E-state index in [2.05, 4.69) is 35.1 Å². The molecule has 1 fully saturated rings. The number of nitrogens with two attached hydrogens (primary N) is 2. The molecule has 4 rings (SSSR count). The molecule has 1 saturated carbocycles. The molecule has 0 spiro atoms. The van der Waals surface area contributed by atoms with Crippen LogP contribution in [0.5, 0.6) is 11.5 Å². The molecule has 4 unspecified atom stereocenters. The maximum absolute atomic E-state index is 10.7. The van der Waals surface area contributed by atoms with Crippen molar-refractivity contribution in [1.29, 1.82) is 0 Å². The lowest BCUT2D eigenvalue weighted by atomic mass is 9.89. The molecule has 0 bridgehead atoms. The first-order chi connectivity index (χ1) is 20.8. The number of hydrogen-bond donors (Lipinski definition) is 7. The number of rotatable bonds is 17. The number of unbranched alkanes of at least 4 members (excludes halogenated alkanes) is 1. The van der Waals surface area contributed by atoms with Crippen LogP contribution in [0.3, 0.4) is 0 Å². The van der Waals surface area contributed by atoms with E-state index < -0.39 is 12.2 Å². The van der Waals surface area contributed by atoms with Crippen LogP contribution in [-0.4, -0.2) is 45.2 Å². The van der Waals surface area contributed by atoms with Crippen LogP contribution in [0.15, 0.2) is 66.9 Å².